The molecule has 1 aromatic carbocycles. The monoisotopic (exact) mass is 267 g/mol. The fourth-order valence-electron chi connectivity index (χ4n) is 2.78. The molecule has 1 atom stereocenters. The molecular formula is C14H21NO2S. The van der Waals surface area contributed by atoms with Gasteiger partial charge in [0.1, 0.15) is 0 Å². The van der Waals surface area contributed by atoms with Crippen molar-refractivity contribution in [2.24, 2.45) is 5.73 Å². The summed E-state index contributed by atoms with van der Waals surface area (Å²) in [5.74, 6) is 0.326. The van der Waals surface area contributed by atoms with Crippen LogP contribution in [-0.4, -0.2) is 29.0 Å². The van der Waals surface area contributed by atoms with Crippen molar-refractivity contribution >= 4 is 12.6 Å². The fourth-order valence-corrected chi connectivity index (χ4v) is 3.01. The first-order valence-corrected chi connectivity index (χ1v) is 6.85. The van der Waals surface area contributed by atoms with Gasteiger partial charge in [0, 0.05) is 4.90 Å². The molecule has 1 aromatic rings. The second-order valence-electron chi connectivity index (χ2n) is 5.35. The van der Waals surface area contributed by atoms with Crippen LogP contribution in [-0.2, 0) is 6.42 Å². The van der Waals surface area contributed by atoms with E-state index in [1.807, 2.05) is 6.07 Å². The molecule has 3 nitrogen and oxygen atoms in total. The van der Waals surface area contributed by atoms with Crippen molar-refractivity contribution in [1.82, 2.24) is 0 Å². The highest BCUT2D eigenvalue weighted by Gasteiger charge is 2.30. The maximum Gasteiger partial charge on any atom is 0.0633 e. The summed E-state index contributed by atoms with van der Waals surface area (Å²) >= 11 is 4.37. The number of aliphatic hydroxyl groups excluding tert-OH is 2. The molecule has 0 radical (unpaired) electrons. The molecule has 0 amide bonds. The molecule has 0 saturated carbocycles. The molecule has 0 aliphatic heterocycles. The molecule has 4 heteroatoms. The van der Waals surface area contributed by atoms with Crippen LogP contribution in [0.1, 0.15) is 36.3 Å². The van der Waals surface area contributed by atoms with Crippen molar-refractivity contribution in [2.45, 2.75) is 42.0 Å². The number of nitrogens with two attached hydrogens (primary N) is 1. The van der Waals surface area contributed by atoms with Gasteiger partial charge in [0.25, 0.3) is 0 Å². The Kier molecular flexibility index (Phi) is 4.33. The summed E-state index contributed by atoms with van der Waals surface area (Å²) in [4.78, 5) is 0.984. The molecular weight excluding hydrogens is 246 g/mol. The smallest absolute Gasteiger partial charge is 0.0633 e. The molecule has 100 valence electrons. The summed E-state index contributed by atoms with van der Waals surface area (Å²) in [6, 6.07) is 6.22. The Morgan fingerprint density at radius 1 is 1.33 bits per heavy atom. The van der Waals surface area contributed by atoms with Gasteiger partial charge in [-0.05, 0) is 54.9 Å². The molecule has 0 saturated heterocycles. The van der Waals surface area contributed by atoms with Gasteiger partial charge in [-0.2, -0.15) is 0 Å². The van der Waals surface area contributed by atoms with E-state index in [0.29, 0.717) is 12.3 Å². The quantitative estimate of drug-likeness (QED) is 0.625. The Labute approximate surface area is 113 Å². The first kappa shape index (κ1) is 13.9. The van der Waals surface area contributed by atoms with Gasteiger partial charge in [0.05, 0.1) is 18.8 Å². The fraction of sp³-hybridized carbons (Fsp3) is 0.571. The van der Waals surface area contributed by atoms with E-state index in [1.165, 1.54) is 11.1 Å². The molecule has 1 aliphatic rings. The maximum atomic E-state index is 9.31. The van der Waals surface area contributed by atoms with Crippen molar-refractivity contribution in [1.29, 1.82) is 0 Å². The second-order valence-corrected chi connectivity index (χ2v) is 5.87. The molecule has 0 fully saturated rings. The van der Waals surface area contributed by atoms with Crippen molar-refractivity contribution in [3.8, 4) is 0 Å². The lowest BCUT2D eigenvalue weighted by molar-refractivity contribution is 0.107. The predicted octanol–water partition coefficient (Wildman–Crippen LogP) is 1.47. The lowest BCUT2D eigenvalue weighted by atomic mass is 9.76. The van der Waals surface area contributed by atoms with Crippen LogP contribution in [0.15, 0.2) is 23.1 Å². The minimum absolute atomic E-state index is 0.181. The van der Waals surface area contributed by atoms with E-state index >= 15 is 0 Å². The van der Waals surface area contributed by atoms with E-state index in [0.717, 1.165) is 24.2 Å². The van der Waals surface area contributed by atoms with Gasteiger partial charge in [0.15, 0.2) is 0 Å². The maximum absolute atomic E-state index is 9.31. The molecule has 1 unspecified atom stereocenters. The summed E-state index contributed by atoms with van der Waals surface area (Å²) in [5, 5.41) is 18.6. The van der Waals surface area contributed by atoms with E-state index in [9.17, 15) is 10.2 Å². The van der Waals surface area contributed by atoms with Crippen LogP contribution in [0.2, 0.25) is 0 Å². The van der Waals surface area contributed by atoms with Crippen molar-refractivity contribution in [2.75, 3.05) is 13.2 Å². The number of hydrogen-bond acceptors (Lipinski definition) is 4. The zero-order chi connectivity index (χ0) is 13.2. The standard InChI is InChI=1S/C14H21NO2S/c15-14(8-16,9-17)7-11-3-1-2-10-6-12(18)4-5-13(10)11/h4-6,11,16-18H,1-3,7-9,15H2. The minimum atomic E-state index is -0.876. The third-order valence-electron chi connectivity index (χ3n) is 3.85. The summed E-state index contributed by atoms with van der Waals surface area (Å²) in [5.41, 5.74) is 7.76. The molecule has 0 aromatic heterocycles. The van der Waals surface area contributed by atoms with E-state index < -0.39 is 5.54 Å². The van der Waals surface area contributed by atoms with Crippen LogP contribution >= 0.6 is 12.6 Å². The molecule has 0 heterocycles. The molecule has 1 aliphatic carbocycles. The highest BCUT2D eigenvalue weighted by molar-refractivity contribution is 7.80. The summed E-state index contributed by atoms with van der Waals surface area (Å²) < 4.78 is 0. The third kappa shape index (κ3) is 2.88. The number of rotatable bonds is 4. The van der Waals surface area contributed by atoms with Gasteiger partial charge in [-0.3, -0.25) is 0 Å². The molecule has 0 bridgehead atoms. The van der Waals surface area contributed by atoms with Crippen LogP contribution < -0.4 is 5.73 Å². The highest BCUT2D eigenvalue weighted by atomic mass is 32.1. The van der Waals surface area contributed by atoms with Crippen molar-refractivity contribution in [3.63, 3.8) is 0 Å². The SMILES string of the molecule is NC(CO)(CO)CC1CCCc2cc(S)ccc21. The van der Waals surface area contributed by atoms with Crippen LogP contribution in [0.4, 0.5) is 0 Å². The van der Waals surface area contributed by atoms with Gasteiger partial charge in [-0.15, -0.1) is 12.6 Å². The predicted molar refractivity (Wildman–Crippen MR) is 75.1 cm³/mol. The Bertz CT molecular complexity index is 418. The number of benzene rings is 1. The molecule has 0 spiro atoms. The first-order valence-electron chi connectivity index (χ1n) is 6.40. The van der Waals surface area contributed by atoms with Crippen LogP contribution in [0, 0.1) is 0 Å². The Morgan fingerprint density at radius 3 is 2.72 bits per heavy atom. The molecule has 18 heavy (non-hydrogen) atoms. The Hall–Kier alpha value is -0.550. The lowest BCUT2D eigenvalue weighted by Gasteiger charge is -2.33. The van der Waals surface area contributed by atoms with Crippen LogP contribution in [0.5, 0.6) is 0 Å². The zero-order valence-corrected chi connectivity index (χ0v) is 11.4. The normalized spacial score (nSPS) is 19.7. The summed E-state index contributed by atoms with van der Waals surface area (Å²) in [7, 11) is 0. The largest absolute Gasteiger partial charge is 0.394 e. The molecule has 4 N–H and O–H groups in total. The topological polar surface area (TPSA) is 66.5 Å². The Balaban J connectivity index is 2.22. The van der Waals surface area contributed by atoms with Gasteiger partial charge in [0.2, 0.25) is 0 Å². The Morgan fingerprint density at radius 2 is 2.06 bits per heavy atom. The highest BCUT2D eigenvalue weighted by Crippen LogP contribution is 2.37. The third-order valence-corrected chi connectivity index (χ3v) is 4.13. The number of aryl methyl sites for hydroxylation is 1. The zero-order valence-electron chi connectivity index (χ0n) is 10.5. The number of hydrogen-bond donors (Lipinski definition) is 4. The van der Waals surface area contributed by atoms with Gasteiger partial charge < -0.3 is 15.9 Å². The van der Waals surface area contributed by atoms with Crippen LogP contribution in [0.25, 0.3) is 0 Å². The van der Waals surface area contributed by atoms with Crippen molar-refractivity contribution in [3.05, 3.63) is 29.3 Å². The summed E-state index contributed by atoms with van der Waals surface area (Å²) in [6.07, 6.45) is 3.90. The van der Waals surface area contributed by atoms with E-state index in [2.05, 4.69) is 24.8 Å². The van der Waals surface area contributed by atoms with Gasteiger partial charge in [-0.1, -0.05) is 6.07 Å². The lowest BCUT2D eigenvalue weighted by Crippen LogP contribution is -2.48. The van der Waals surface area contributed by atoms with E-state index in [1.54, 1.807) is 0 Å². The van der Waals surface area contributed by atoms with E-state index in [-0.39, 0.29) is 13.2 Å². The average Bonchev–Trinajstić information content (AvgIpc) is 2.38. The molecule has 2 rings (SSSR count). The van der Waals surface area contributed by atoms with Crippen LogP contribution in [0.3, 0.4) is 0 Å². The van der Waals surface area contributed by atoms with Crippen molar-refractivity contribution < 1.29 is 10.2 Å². The number of thiol groups is 1. The first-order chi connectivity index (χ1) is 8.58. The number of fused-ring (bicyclic) bond motifs is 1. The number of aliphatic hydroxyl groups is 2. The summed E-state index contributed by atoms with van der Waals surface area (Å²) in [6.45, 7) is -0.361. The minimum Gasteiger partial charge on any atom is -0.394 e. The second kappa shape index (κ2) is 5.61. The van der Waals surface area contributed by atoms with Gasteiger partial charge in [-0.25, -0.2) is 0 Å². The van der Waals surface area contributed by atoms with E-state index in [4.69, 9.17) is 5.73 Å². The average molecular weight is 267 g/mol. The van der Waals surface area contributed by atoms with Gasteiger partial charge >= 0.3 is 0 Å².